The van der Waals surface area contributed by atoms with Gasteiger partial charge < -0.3 is 14.1 Å². The summed E-state index contributed by atoms with van der Waals surface area (Å²) in [5.74, 6) is -1.35. The van der Waals surface area contributed by atoms with Gasteiger partial charge in [0, 0.05) is 18.6 Å². The van der Waals surface area contributed by atoms with Gasteiger partial charge in [-0.1, -0.05) is 42.5 Å². The number of ether oxygens (including phenoxy) is 1. The summed E-state index contributed by atoms with van der Waals surface area (Å²) in [6.45, 7) is 7.93. The Kier molecular flexibility index (Phi) is 6.63. The quantitative estimate of drug-likeness (QED) is 0.540. The average Bonchev–Trinajstić information content (AvgIpc) is 3.04. The fourth-order valence-corrected chi connectivity index (χ4v) is 3.37. The Bertz CT molecular complexity index is 1110. The van der Waals surface area contributed by atoms with Crippen LogP contribution < -0.4 is 5.76 Å². The SMILES string of the molecule is C[C@@H](OC(=O)CCn1c(=O)oc2ccccc21)C(=O)N(Cc1ccccc1)C(C)(C)C. The van der Waals surface area contributed by atoms with Crippen molar-refractivity contribution in [3.05, 3.63) is 70.7 Å². The van der Waals surface area contributed by atoms with Crippen LogP contribution in [0.3, 0.4) is 0 Å². The Hall–Kier alpha value is -3.35. The summed E-state index contributed by atoms with van der Waals surface area (Å²) in [6.07, 6.45) is -0.983. The highest BCUT2D eigenvalue weighted by molar-refractivity contribution is 5.84. The maximum atomic E-state index is 13.1. The number of amides is 1. The van der Waals surface area contributed by atoms with Crippen LogP contribution in [0.2, 0.25) is 0 Å². The Labute approximate surface area is 181 Å². The lowest BCUT2D eigenvalue weighted by Crippen LogP contribution is -2.49. The molecule has 0 N–H and O–H groups in total. The number of nitrogens with zero attached hydrogens (tertiary/aromatic N) is 2. The lowest BCUT2D eigenvalue weighted by molar-refractivity contribution is -0.162. The summed E-state index contributed by atoms with van der Waals surface area (Å²) in [6, 6.07) is 16.7. The fourth-order valence-electron chi connectivity index (χ4n) is 3.37. The number of rotatable bonds is 7. The third kappa shape index (κ3) is 5.42. The first kappa shape index (κ1) is 22.3. The van der Waals surface area contributed by atoms with Gasteiger partial charge in [-0.25, -0.2) is 4.79 Å². The summed E-state index contributed by atoms with van der Waals surface area (Å²) < 4.78 is 12.0. The van der Waals surface area contributed by atoms with Gasteiger partial charge in [0.15, 0.2) is 11.7 Å². The maximum Gasteiger partial charge on any atom is 0.419 e. The third-order valence-corrected chi connectivity index (χ3v) is 5.03. The summed E-state index contributed by atoms with van der Waals surface area (Å²) in [7, 11) is 0. The van der Waals surface area contributed by atoms with E-state index in [1.165, 1.54) is 4.57 Å². The molecule has 0 aliphatic rings. The zero-order valence-corrected chi connectivity index (χ0v) is 18.3. The Balaban J connectivity index is 1.63. The van der Waals surface area contributed by atoms with Gasteiger partial charge in [-0.3, -0.25) is 14.2 Å². The molecule has 1 heterocycles. The van der Waals surface area contributed by atoms with E-state index in [-0.39, 0.29) is 18.9 Å². The molecule has 0 radical (unpaired) electrons. The lowest BCUT2D eigenvalue weighted by Gasteiger charge is -2.37. The fraction of sp³-hybridized carbons (Fsp3) is 0.375. The van der Waals surface area contributed by atoms with Crippen LogP contribution in [0.15, 0.2) is 63.8 Å². The second kappa shape index (κ2) is 9.20. The Morgan fingerprint density at radius 1 is 1.06 bits per heavy atom. The van der Waals surface area contributed by atoms with Crippen LogP contribution in [-0.4, -0.2) is 33.0 Å². The summed E-state index contributed by atoms with van der Waals surface area (Å²) in [5, 5.41) is 0. The highest BCUT2D eigenvalue weighted by atomic mass is 16.5. The predicted molar refractivity (Wildman–Crippen MR) is 117 cm³/mol. The largest absolute Gasteiger partial charge is 0.452 e. The van der Waals surface area contributed by atoms with Gasteiger partial charge in [0.1, 0.15) is 0 Å². The molecule has 1 aromatic heterocycles. The molecular weight excluding hydrogens is 396 g/mol. The highest BCUT2D eigenvalue weighted by Gasteiger charge is 2.31. The Morgan fingerprint density at radius 3 is 2.39 bits per heavy atom. The number of carbonyl (C=O) groups excluding carboxylic acids is 2. The number of para-hydroxylation sites is 2. The zero-order valence-electron chi connectivity index (χ0n) is 18.3. The predicted octanol–water partition coefficient (Wildman–Crippen LogP) is 3.74. The van der Waals surface area contributed by atoms with Gasteiger partial charge in [-0.15, -0.1) is 0 Å². The van der Waals surface area contributed by atoms with Crippen molar-refractivity contribution in [1.82, 2.24) is 9.47 Å². The molecule has 2 aromatic carbocycles. The number of oxazole rings is 1. The van der Waals surface area contributed by atoms with Crippen molar-refractivity contribution in [1.29, 1.82) is 0 Å². The van der Waals surface area contributed by atoms with E-state index in [0.29, 0.717) is 17.6 Å². The molecule has 7 nitrogen and oxygen atoms in total. The lowest BCUT2D eigenvalue weighted by atomic mass is 10.0. The van der Waals surface area contributed by atoms with E-state index >= 15 is 0 Å². The van der Waals surface area contributed by atoms with Gasteiger partial charge in [-0.05, 0) is 45.4 Å². The van der Waals surface area contributed by atoms with Crippen LogP contribution in [0.4, 0.5) is 0 Å². The van der Waals surface area contributed by atoms with Crippen molar-refractivity contribution < 1.29 is 18.7 Å². The van der Waals surface area contributed by atoms with Gasteiger partial charge in [0.2, 0.25) is 0 Å². The number of hydrogen-bond donors (Lipinski definition) is 0. The van der Waals surface area contributed by atoms with E-state index in [9.17, 15) is 14.4 Å². The van der Waals surface area contributed by atoms with Gasteiger partial charge in [-0.2, -0.15) is 0 Å². The molecule has 7 heteroatoms. The first-order chi connectivity index (χ1) is 14.7. The van der Waals surface area contributed by atoms with Gasteiger partial charge in [0.05, 0.1) is 11.9 Å². The molecule has 0 spiro atoms. The van der Waals surface area contributed by atoms with E-state index in [4.69, 9.17) is 9.15 Å². The number of carbonyl (C=O) groups is 2. The van der Waals surface area contributed by atoms with Crippen molar-refractivity contribution in [3.63, 3.8) is 0 Å². The number of esters is 1. The topological polar surface area (TPSA) is 81.7 Å². The molecule has 0 saturated heterocycles. The average molecular weight is 424 g/mol. The van der Waals surface area contributed by atoms with E-state index in [1.807, 2.05) is 51.1 Å². The van der Waals surface area contributed by atoms with E-state index in [1.54, 1.807) is 36.1 Å². The van der Waals surface area contributed by atoms with Crippen molar-refractivity contribution in [2.45, 2.75) is 58.8 Å². The zero-order chi connectivity index (χ0) is 22.6. The smallest absolute Gasteiger partial charge is 0.419 e. The number of benzene rings is 2. The van der Waals surface area contributed by atoms with Crippen molar-refractivity contribution >= 4 is 23.0 Å². The molecule has 0 unspecified atom stereocenters. The number of aryl methyl sites for hydroxylation is 1. The van der Waals surface area contributed by atoms with Crippen LogP contribution in [-0.2, 0) is 27.4 Å². The number of aromatic nitrogens is 1. The van der Waals surface area contributed by atoms with Gasteiger partial charge in [0.25, 0.3) is 5.91 Å². The van der Waals surface area contributed by atoms with Gasteiger partial charge >= 0.3 is 11.7 Å². The minimum atomic E-state index is -0.937. The Morgan fingerprint density at radius 2 is 1.71 bits per heavy atom. The molecule has 0 bridgehead atoms. The van der Waals surface area contributed by atoms with Crippen LogP contribution in [0.1, 0.15) is 39.7 Å². The normalized spacial score (nSPS) is 12.5. The molecule has 0 fully saturated rings. The minimum Gasteiger partial charge on any atom is -0.452 e. The molecule has 31 heavy (non-hydrogen) atoms. The molecule has 1 atom stereocenters. The molecule has 3 rings (SSSR count). The molecule has 3 aromatic rings. The molecule has 164 valence electrons. The summed E-state index contributed by atoms with van der Waals surface area (Å²) in [5.41, 5.74) is 1.63. The molecule has 0 aliphatic carbocycles. The van der Waals surface area contributed by atoms with Crippen molar-refractivity contribution in [3.8, 4) is 0 Å². The van der Waals surface area contributed by atoms with Crippen LogP contribution in [0, 0.1) is 0 Å². The van der Waals surface area contributed by atoms with E-state index in [2.05, 4.69) is 0 Å². The minimum absolute atomic E-state index is 0.0464. The number of hydrogen-bond acceptors (Lipinski definition) is 5. The van der Waals surface area contributed by atoms with Crippen molar-refractivity contribution in [2.24, 2.45) is 0 Å². The van der Waals surface area contributed by atoms with E-state index < -0.39 is 23.4 Å². The standard InChI is InChI=1S/C24H28N2O5/c1-17(22(28)26(24(2,3)4)16-18-10-6-5-7-11-18)30-21(27)14-15-25-19-12-8-9-13-20(19)31-23(25)29/h5-13,17H,14-16H2,1-4H3/t17-/m1/s1. The molecule has 0 aliphatic heterocycles. The summed E-state index contributed by atoms with van der Waals surface area (Å²) >= 11 is 0. The first-order valence-electron chi connectivity index (χ1n) is 10.3. The maximum absolute atomic E-state index is 13.1. The van der Waals surface area contributed by atoms with Crippen molar-refractivity contribution in [2.75, 3.05) is 0 Å². The monoisotopic (exact) mass is 424 g/mol. The second-order valence-electron chi connectivity index (χ2n) is 8.45. The third-order valence-electron chi connectivity index (χ3n) is 5.03. The highest BCUT2D eigenvalue weighted by Crippen LogP contribution is 2.20. The second-order valence-corrected chi connectivity index (χ2v) is 8.45. The molecule has 1 amide bonds. The van der Waals surface area contributed by atoms with E-state index in [0.717, 1.165) is 5.56 Å². The van der Waals surface area contributed by atoms with Crippen LogP contribution in [0.5, 0.6) is 0 Å². The van der Waals surface area contributed by atoms with Crippen LogP contribution >= 0.6 is 0 Å². The first-order valence-corrected chi connectivity index (χ1v) is 10.3. The summed E-state index contributed by atoms with van der Waals surface area (Å²) in [4.78, 5) is 39.2. The molecular formula is C24H28N2O5. The molecule has 0 saturated carbocycles. The van der Waals surface area contributed by atoms with Crippen LogP contribution in [0.25, 0.3) is 11.1 Å². The number of fused-ring (bicyclic) bond motifs is 1.